The first kappa shape index (κ1) is 29.7. The van der Waals surface area contributed by atoms with Crippen molar-refractivity contribution < 1.29 is 14.3 Å². The SMILES string of the molecule is C=Cc1c(OC)c(C)cc2c1C(C)(C)C=C1CCCN(Cc3cc(C)cc(OC)c3)CCN(CCC)C(=O)N1C2. The van der Waals surface area contributed by atoms with Crippen molar-refractivity contribution in [2.75, 3.05) is 40.4 Å². The molecule has 0 atom stereocenters. The predicted octanol–water partition coefficient (Wildman–Crippen LogP) is 7.07. The van der Waals surface area contributed by atoms with E-state index >= 15 is 0 Å². The lowest BCUT2D eigenvalue weighted by Crippen LogP contribution is -2.46. The molecule has 216 valence electrons. The Morgan fingerprint density at radius 3 is 2.50 bits per heavy atom. The van der Waals surface area contributed by atoms with E-state index in [2.05, 4.69) is 76.4 Å². The van der Waals surface area contributed by atoms with E-state index in [0.29, 0.717) is 13.1 Å². The summed E-state index contributed by atoms with van der Waals surface area (Å²) in [6, 6.07) is 8.73. The summed E-state index contributed by atoms with van der Waals surface area (Å²) >= 11 is 0. The second-order valence-corrected chi connectivity index (χ2v) is 11.8. The van der Waals surface area contributed by atoms with Gasteiger partial charge in [0.15, 0.2) is 0 Å². The molecule has 0 unspecified atom stereocenters. The third kappa shape index (κ3) is 6.22. The van der Waals surface area contributed by atoms with E-state index in [1.54, 1.807) is 14.2 Å². The van der Waals surface area contributed by atoms with Gasteiger partial charge in [0.1, 0.15) is 11.5 Å². The van der Waals surface area contributed by atoms with E-state index in [9.17, 15) is 4.79 Å². The van der Waals surface area contributed by atoms with E-state index in [1.807, 2.05) is 15.9 Å². The highest BCUT2D eigenvalue weighted by atomic mass is 16.5. The number of fused-ring (bicyclic) bond motifs is 2. The number of urea groups is 1. The summed E-state index contributed by atoms with van der Waals surface area (Å²) in [6.07, 6.45) is 6.98. The summed E-state index contributed by atoms with van der Waals surface area (Å²) < 4.78 is 11.3. The first-order chi connectivity index (χ1) is 19.1. The fraction of sp³-hybridized carbons (Fsp3) is 0.500. The van der Waals surface area contributed by atoms with Crippen molar-refractivity contribution in [1.29, 1.82) is 0 Å². The summed E-state index contributed by atoms with van der Waals surface area (Å²) in [5.74, 6) is 1.76. The van der Waals surface area contributed by atoms with Gasteiger partial charge in [0.25, 0.3) is 0 Å². The van der Waals surface area contributed by atoms with E-state index in [0.717, 1.165) is 73.8 Å². The van der Waals surface area contributed by atoms with E-state index in [4.69, 9.17) is 9.47 Å². The molecule has 0 radical (unpaired) electrons. The van der Waals surface area contributed by atoms with Crippen LogP contribution in [0.5, 0.6) is 11.5 Å². The van der Waals surface area contributed by atoms with Crippen molar-refractivity contribution in [3.63, 3.8) is 0 Å². The number of hydrogen-bond donors (Lipinski definition) is 0. The molecule has 4 rings (SSSR count). The Balaban J connectivity index is 1.71. The van der Waals surface area contributed by atoms with Gasteiger partial charge in [0.05, 0.1) is 20.8 Å². The number of rotatable bonds is 7. The number of ether oxygens (including phenoxy) is 2. The monoisotopic (exact) mass is 545 g/mol. The molecule has 0 bridgehead atoms. The van der Waals surface area contributed by atoms with Gasteiger partial charge in [-0.15, -0.1) is 0 Å². The molecular formula is C34H47N3O3. The molecule has 2 aliphatic heterocycles. The number of amides is 2. The van der Waals surface area contributed by atoms with Crippen LogP contribution in [0.4, 0.5) is 4.79 Å². The van der Waals surface area contributed by atoms with Crippen LogP contribution in [0.1, 0.15) is 73.4 Å². The molecule has 0 aliphatic carbocycles. The van der Waals surface area contributed by atoms with Gasteiger partial charge in [-0.1, -0.05) is 51.6 Å². The van der Waals surface area contributed by atoms with Crippen LogP contribution in [0.25, 0.3) is 6.08 Å². The first-order valence-corrected chi connectivity index (χ1v) is 14.6. The smallest absolute Gasteiger partial charge is 0.324 e. The average molecular weight is 546 g/mol. The van der Waals surface area contributed by atoms with Crippen LogP contribution in [-0.4, -0.2) is 61.1 Å². The third-order valence-electron chi connectivity index (χ3n) is 8.18. The van der Waals surface area contributed by atoms with Crippen LogP contribution in [0.15, 0.2) is 42.6 Å². The highest BCUT2D eigenvalue weighted by molar-refractivity contribution is 5.78. The number of allylic oxidation sites excluding steroid dienone is 2. The normalized spacial score (nSPS) is 17.9. The summed E-state index contributed by atoms with van der Waals surface area (Å²) in [4.78, 5) is 20.8. The van der Waals surface area contributed by atoms with Gasteiger partial charge in [-0.05, 0) is 79.6 Å². The van der Waals surface area contributed by atoms with Crippen LogP contribution >= 0.6 is 0 Å². The number of carbonyl (C=O) groups excluding carboxylic acids is 1. The van der Waals surface area contributed by atoms with Crippen LogP contribution in [-0.2, 0) is 18.5 Å². The molecule has 2 aromatic carbocycles. The highest BCUT2D eigenvalue weighted by Crippen LogP contribution is 2.43. The fourth-order valence-electron chi connectivity index (χ4n) is 6.54. The lowest BCUT2D eigenvalue weighted by atomic mass is 9.77. The quantitative estimate of drug-likeness (QED) is 0.373. The molecular weight excluding hydrogens is 498 g/mol. The molecule has 2 heterocycles. The van der Waals surface area contributed by atoms with Crippen molar-refractivity contribution in [3.05, 3.63) is 76.0 Å². The third-order valence-corrected chi connectivity index (χ3v) is 8.18. The van der Waals surface area contributed by atoms with E-state index in [-0.39, 0.29) is 11.4 Å². The van der Waals surface area contributed by atoms with Crippen LogP contribution < -0.4 is 9.47 Å². The zero-order chi connectivity index (χ0) is 29.0. The summed E-state index contributed by atoms with van der Waals surface area (Å²) in [5, 5.41) is 0. The van der Waals surface area contributed by atoms with Crippen molar-refractivity contribution in [2.45, 2.75) is 72.4 Å². The molecule has 6 nitrogen and oxygen atoms in total. The maximum Gasteiger partial charge on any atom is 0.324 e. The molecule has 1 fully saturated rings. The zero-order valence-corrected chi connectivity index (χ0v) is 25.6. The molecule has 2 aromatic rings. The molecule has 40 heavy (non-hydrogen) atoms. The number of aryl methyl sites for hydroxylation is 2. The van der Waals surface area contributed by atoms with Crippen LogP contribution in [0.2, 0.25) is 0 Å². The number of carbonyl (C=O) groups is 1. The Labute approximate surface area is 241 Å². The van der Waals surface area contributed by atoms with Gasteiger partial charge in [-0.2, -0.15) is 0 Å². The summed E-state index contributed by atoms with van der Waals surface area (Å²) in [5.41, 5.74) is 7.73. The highest BCUT2D eigenvalue weighted by Gasteiger charge is 2.35. The Hall–Kier alpha value is -3.25. The second kappa shape index (κ2) is 12.5. The Bertz CT molecular complexity index is 1280. The molecule has 0 saturated carbocycles. The molecule has 2 aliphatic rings. The second-order valence-electron chi connectivity index (χ2n) is 11.8. The first-order valence-electron chi connectivity index (χ1n) is 14.6. The maximum atomic E-state index is 14.2. The standard InChI is InChI=1S/C34H47N3O3/c1-9-13-36-16-15-35(22-26-17-24(3)18-29(20-26)39-7)14-11-12-28-21-34(5,6)31-27(23-37(28)33(36)38)19-25(4)32(40-8)30(31)10-2/h10,17-21H,2,9,11-16,22-23H2,1,3-8H3. The topological polar surface area (TPSA) is 45.3 Å². The summed E-state index contributed by atoms with van der Waals surface area (Å²) in [7, 11) is 3.44. The maximum absolute atomic E-state index is 14.2. The van der Waals surface area contributed by atoms with Crippen LogP contribution in [0.3, 0.4) is 0 Å². The van der Waals surface area contributed by atoms with Gasteiger partial charge >= 0.3 is 6.03 Å². The zero-order valence-electron chi connectivity index (χ0n) is 25.6. The van der Waals surface area contributed by atoms with Gasteiger partial charge in [0.2, 0.25) is 0 Å². The minimum atomic E-state index is -0.290. The largest absolute Gasteiger partial charge is 0.497 e. The van der Waals surface area contributed by atoms with Gasteiger partial charge in [-0.25, -0.2) is 4.79 Å². The number of hydrogen-bond acceptors (Lipinski definition) is 4. The van der Waals surface area contributed by atoms with Gasteiger partial charge in [0, 0.05) is 42.9 Å². The Kier molecular flexibility index (Phi) is 9.29. The summed E-state index contributed by atoms with van der Waals surface area (Å²) in [6.45, 7) is 19.6. The van der Waals surface area contributed by atoms with Crippen molar-refractivity contribution >= 4 is 12.1 Å². The van der Waals surface area contributed by atoms with Crippen molar-refractivity contribution in [2.24, 2.45) is 0 Å². The number of nitrogens with zero attached hydrogens (tertiary/aromatic N) is 3. The molecule has 6 heteroatoms. The van der Waals surface area contributed by atoms with Gasteiger partial charge in [-0.3, -0.25) is 9.80 Å². The van der Waals surface area contributed by atoms with Crippen molar-refractivity contribution in [3.8, 4) is 11.5 Å². The van der Waals surface area contributed by atoms with Gasteiger partial charge < -0.3 is 14.4 Å². The predicted molar refractivity (Wildman–Crippen MR) is 164 cm³/mol. The molecule has 0 N–H and O–H groups in total. The lowest BCUT2D eigenvalue weighted by Gasteiger charge is -2.35. The van der Waals surface area contributed by atoms with E-state index < -0.39 is 0 Å². The van der Waals surface area contributed by atoms with Crippen LogP contribution in [0, 0.1) is 13.8 Å². The van der Waals surface area contributed by atoms with Crippen molar-refractivity contribution in [1.82, 2.24) is 14.7 Å². The number of benzene rings is 2. The number of methoxy groups -OCH3 is 2. The molecule has 0 spiro atoms. The average Bonchev–Trinajstić information content (AvgIpc) is 3.01. The Morgan fingerprint density at radius 2 is 1.82 bits per heavy atom. The van der Waals surface area contributed by atoms with E-state index in [1.165, 1.54) is 22.3 Å². The lowest BCUT2D eigenvalue weighted by molar-refractivity contribution is 0.143. The molecule has 0 aromatic heterocycles. The minimum absolute atomic E-state index is 0.101. The molecule has 2 amide bonds. The minimum Gasteiger partial charge on any atom is -0.497 e. The Morgan fingerprint density at radius 1 is 1.05 bits per heavy atom. The fourth-order valence-corrected chi connectivity index (χ4v) is 6.54. The molecule has 1 saturated heterocycles.